The Hall–Kier alpha value is -1.89. The van der Waals surface area contributed by atoms with Gasteiger partial charge in [-0.3, -0.25) is 14.9 Å². The summed E-state index contributed by atoms with van der Waals surface area (Å²) in [5.41, 5.74) is 1.63. The van der Waals surface area contributed by atoms with Crippen LogP contribution < -0.4 is 16.0 Å². The molecule has 2 atom stereocenters. The Kier molecular flexibility index (Phi) is 4.62. The van der Waals surface area contributed by atoms with Crippen LogP contribution in [0, 0.1) is 12.8 Å². The average molecular weight is 354 g/mol. The zero-order valence-corrected chi connectivity index (χ0v) is 13.3. The first kappa shape index (κ1) is 15.5. The third-order valence-corrected chi connectivity index (χ3v) is 3.90. The van der Waals surface area contributed by atoms with Crippen molar-refractivity contribution in [1.29, 1.82) is 0 Å². The Bertz CT molecular complexity index is 603. The molecule has 0 bridgehead atoms. The molecule has 1 saturated heterocycles. The summed E-state index contributed by atoms with van der Waals surface area (Å²) in [6.07, 6.45) is 0.0167. The average Bonchev–Trinajstić information content (AvgIpc) is 2.37. The van der Waals surface area contributed by atoms with E-state index in [-0.39, 0.29) is 18.4 Å². The van der Waals surface area contributed by atoms with Crippen LogP contribution in [0.2, 0.25) is 0 Å². The van der Waals surface area contributed by atoms with Crippen LogP contribution in [0.4, 0.5) is 10.5 Å². The van der Waals surface area contributed by atoms with Gasteiger partial charge >= 0.3 is 6.03 Å². The lowest BCUT2D eigenvalue weighted by molar-refractivity contribution is -0.129. The first-order chi connectivity index (χ1) is 9.86. The molecule has 2 unspecified atom stereocenters. The minimum Gasteiger partial charge on any atom is -0.335 e. The van der Waals surface area contributed by atoms with Crippen LogP contribution in [0.15, 0.2) is 22.7 Å². The number of halogens is 1. The molecule has 1 heterocycles. The van der Waals surface area contributed by atoms with Crippen LogP contribution in [-0.4, -0.2) is 23.9 Å². The number of anilines is 1. The number of aryl methyl sites for hydroxylation is 1. The fraction of sp³-hybridized carbons (Fsp3) is 0.357. The quantitative estimate of drug-likeness (QED) is 0.775. The van der Waals surface area contributed by atoms with Crippen molar-refractivity contribution >= 4 is 39.5 Å². The maximum atomic E-state index is 12.1. The molecule has 21 heavy (non-hydrogen) atoms. The normalized spacial score (nSPS) is 21.5. The Balaban J connectivity index is 2.01. The second-order valence-electron chi connectivity index (χ2n) is 5.07. The number of nitrogens with one attached hydrogen (secondary N) is 3. The highest BCUT2D eigenvalue weighted by Gasteiger charge is 2.34. The Morgan fingerprint density at radius 3 is 2.71 bits per heavy atom. The second kappa shape index (κ2) is 6.26. The predicted molar refractivity (Wildman–Crippen MR) is 81.8 cm³/mol. The molecule has 1 aromatic rings. The maximum Gasteiger partial charge on any atom is 0.321 e. The van der Waals surface area contributed by atoms with Crippen LogP contribution in [0.5, 0.6) is 0 Å². The number of benzene rings is 1. The van der Waals surface area contributed by atoms with Gasteiger partial charge in [0.1, 0.15) is 0 Å². The Morgan fingerprint density at radius 1 is 1.38 bits per heavy atom. The second-order valence-corrected chi connectivity index (χ2v) is 5.99. The number of hydrogen-bond donors (Lipinski definition) is 3. The van der Waals surface area contributed by atoms with E-state index in [1.807, 2.05) is 19.1 Å². The molecule has 112 valence electrons. The highest BCUT2D eigenvalue weighted by atomic mass is 79.9. The molecule has 0 aliphatic carbocycles. The summed E-state index contributed by atoms with van der Waals surface area (Å²) in [5, 5.41) is 7.55. The minimum absolute atomic E-state index is 0.0167. The van der Waals surface area contributed by atoms with Crippen LogP contribution in [0.25, 0.3) is 0 Å². The monoisotopic (exact) mass is 353 g/mol. The van der Waals surface area contributed by atoms with Crippen LogP contribution in [0.1, 0.15) is 18.9 Å². The van der Waals surface area contributed by atoms with Gasteiger partial charge in [0, 0.05) is 22.6 Å². The molecule has 1 aliphatic rings. The SMILES string of the molecule is Cc1cc(Br)ccc1NC(=O)CC1C(=O)NC(=O)NC1C. The maximum absolute atomic E-state index is 12.1. The van der Waals surface area contributed by atoms with E-state index in [9.17, 15) is 14.4 Å². The third-order valence-electron chi connectivity index (χ3n) is 3.40. The van der Waals surface area contributed by atoms with Crippen molar-refractivity contribution in [2.24, 2.45) is 5.92 Å². The molecule has 1 aromatic carbocycles. The lowest BCUT2D eigenvalue weighted by Gasteiger charge is -2.28. The minimum atomic E-state index is -0.571. The summed E-state index contributed by atoms with van der Waals surface area (Å²) in [6, 6.07) is 4.63. The van der Waals surface area contributed by atoms with Crippen molar-refractivity contribution in [3.05, 3.63) is 28.2 Å². The third kappa shape index (κ3) is 3.81. The van der Waals surface area contributed by atoms with Gasteiger partial charge in [0.2, 0.25) is 11.8 Å². The molecule has 6 nitrogen and oxygen atoms in total. The highest BCUT2D eigenvalue weighted by Crippen LogP contribution is 2.21. The highest BCUT2D eigenvalue weighted by molar-refractivity contribution is 9.10. The molecule has 2 rings (SSSR count). The Morgan fingerprint density at radius 2 is 2.10 bits per heavy atom. The van der Waals surface area contributed by atoms with E-state index in [4.69, 9.17) is 0 Å². The van der Waals surface area contributed by atoms with Crippen molar-refractivity contribution in [2.75, 3.05) is 5.32 Å². The molecule has 1 aliphatic heterocycles. The van der Waals surface area contributed by atoms with Crippen molar-refractivity contribution in [1.82, 2.24) is 10.6 Å². The number of carbonyl (C=O) groups excluding carboxylic acids is 3. The van der Waals surface area contributed by atoms with E-state index in [0.717, 1.165) is 10.0 Å². The van der Waals surface area contributed by atoms with Gasteiger partial charge in [0.25, 0.3) is 0 Å². The largest absolute Gasteiger partial charge is 0.335 e. The summed E-state index contributed by atoms with van der Waals surface area (Å²) in [4.78, 5) is 35.0. The van der Waals surface area contributed by atoms with Gasteiger partial charge in [-0.15, -0.1) is 0 Å². The molecular formula is C14H16BrN3O3. The molecule has 7 heteroatoms. The van der Waals surface area contributed by atoms with Crippen LogP contribution in [-0.2, 0) is 9.59 Å². The zero-order valence-electron chi connectivity index (χ0n) is 11.7. The van der Waals surface area contributed by atoms with Crippen molar-refractivity contribution < 1.29 is 14.4 Å². The first-order valence-electron chi connectivity index (χ1n) is 6.54. The first-order valence-corrected chi connectivity index (χ1v) is 7.33. The van der Waals surface area contributed by atoms with Gasteiger partial charge < -0.3 is 10.6 Å². The van der Waals surface area contributed by atoms with Crippen molar-refractivity contribution in [3.63, 3.8) is 0 Å². The molecule has 3 N–H and O–H groups in total. The number of amides is 4. The number of imide groups is 1. The lowest BCUT2D eigenvalue weighted by atomic mass is 9.94. The smallest absolute Gasteiger partial charge is 0.321 e. The number of urea groups is 1. The molecule has 0 saturated carbocycles. The van der Waals surface area contributed by atoms with E-state index in [2.05, 4.69) is 31.9 Å². The number of hydrogen-bond acceptors (Lipinski definition) is 3. The number of rotatable bonds is 3. The van der Waals surface area contributed by atoms with Gasteiger partial charge in [-0.2, -0.15) is 0 Å². The van der Waals surface area contributed by atoms with E-state index < -0.39 is 17.9 Å². The predicted octanol–water partition coefficient (Wildman–Crippen LogP) is 1.93. The zero-order chi connectivity index (χ0) is 15.6. The van der Waals surface area contributed by atoms with E-state index in [0.29, 0.717) is 5.69 Å². The van der Waals surface area contributed by atoms with Crippen molar-refractivity contribution in [2.45, 2.75) is 26.3 Å². The molecule has 0 radical (unpaired) electrons. The summed E-state index contributed by atoms with van der Waals surface area (Å²) in [5.74, 6) is -1.25. The molecule has 0 spiro atoms. The summed E-state index contributed by atoms with van der Waals surface area (Å²) < 4.78 is 0.931. The molecule has 0 aromatic heterocycles. The fourth-order valence-electron chi connectivity index (χ4n) is 2.21. The van der Waals surface area contributed by atoms with E-state index >= 15 is 0 Å². The van der Waals surface area contributed by atoms with E-state index in [1.165, 1.54) is 0 Å². The topological polar surface area (TPSA) is 87.3 Å². The molecule has 4 amide bonds. The summed E-state index contributed by atoms with van der Waals surface area (Å²) >= 11 is 3.36. The molecule has 1 fully saturated rings. The van der Waals surface area contributed by atoms with Gasteiger partial charge in [-0.1, -0.05) is 15.9 Å². The van der Waals surface area contributed by atoms with E-state index in [1.54, 1.807) is 13.0 Å². The fourth-order valence-corrected chi connectivity index (χ4v) is 2.69. The van der Waals surface area contributed by atoms with Gasteiger partial charge in [-0.25, -0.2) is 4.79 Å². The lowest BCUT2D eigenvalue weighted by Crippen LogP contribution is -2.57. The Labute approximate surface area is 130 Å². The van der Waals surface area contributed by atoms with Crippen LogP contribution >= 0.6 is 15.9 Å². The molecular weight excluding hydrogens is 338 g/mol. The number of carbonyl (C=O) groups is 3. The van der Waals surface area contributed by atoms with Crippen molar-refractivity contribution in [3.8, 4) is 0 Å². The van der Waals surface area contributed by atoms with Gasteiger partial charge in [0.05, 0.1) is 5.92 Å². The van der Waals surface area contributed by atoms with Crippen LogP contribution in [0.3, 0.4) is 0 Å². The van der Waals surface area contributed by atoms with Gasteiger partial charge in [0.15, 0.2) is 0 Å². The van der Waals surface area contributed by atoms with Gasteiger partial charge in [-0.05, 0) is 37.6 Å². The summed E-state index contributed by atoms with van der Waals surface area (Å²) in [6.45, 7) is 3.59. The summed E-state index contributed by atoms with van der Waals surface area (Å²) in [7, 11) is 0. The standard InChI is InChI=1S/C14H16BrN3O3/c1-7-5-9(15)3-4-11(7)17-12(19)6-10-8(2)16-14(21)18-13(10)20/h3-5,8,10H,6H2,1-2H3,(H,17,19)(H2,16,18,20,21).